The van der Waals surface area contributed by atoms with E-state index < -0.39 is 18.5 Å². The molecule has 0 bridgehead atoms. The van der Waals surface area contributed by atoms with E-state index in [9.17, 15) is 22.0 Å². The molecule has 0 aliphatic carbocycles. The number of benzene rings is 2. The van der Waals surface area contributed by atoms with Crippen LogP contribution in [0.25, 0.3) is 0 Å². The molecule has 1 aliphatic heterocycles. The summed E-state index contributed by atoms with van der Waals surface area (Å²) >= 11 is 1.46. The lowest BCUT2D eigenvalue weighted by atomic mass is 9.77. The lowest BCUT2D eigenvalue weighted by Gasteiger charge is -2.34. The topological polar surface area (TPSA) is 46.2 Å². The van der Waals surface area contributed by atoms with Crippen molar-refractivity contribution in [3.63, 3.8) is 0 Å². The van der Waals surface area contributed by atoms with E-state index in [1.54, 1.807) is 14.2 Å². The van der Waals surface area contributed by atoms with E-state index in [1.807, 2.05) is 24.3 Å². The zero-order valence-electron chi connectivity index (χ0n) is 25.6. The molecule has 2 atom stereocenters. The first kappa shape index (κ1) is 36.2. The Bertz CT molecular complexity index is 1080. The molecule has 0 N–H and O–H groups in total. The minimum atomic E-state index is -5.45. The fourth-order valence-corrected chi connectivity index (χ4v) is 6.35. The highest BCUT2D eigenvalue weighted by Gasteiger charge is 2.56. The van der Waals surface area contributed by atoms with Gasteiger partial charge in [0.25, 0.3) is 0 Å². The highest BCUT2D eigenvalue weighted by molar-refractivity contribution is 7.99. The van der Waals surface area contributed by atoms with Gasteiger partial charge in [-0.3, -0.25) is 0 Å². The van der Waals surface area contributed by atoms with Crippen molar-refractivity contribution in [3.05, 3.63) is 53.6 Å². The second-order valence-corrected chi connectivity index (χ2v) is 12.3. The average Bonchev–Trinajstić information content (AvgIpc) is 3.00. The SMILES string of the molecule is COCOc1ccc(C2COc3cc(OCOC)ccc3C2CCCCCCCCCSCCCC(F)(F)C(F)(F)F)cc1. The van der Waals surface area contributed by atoms with Crippen LogP contribution in [0.3, 0.4) is 0 Å². The van der Waals surface area contributed by atoms with E-state index >= 15 is 0 Å². The summed E-state index contributed by atoms with van der Waals surface area (Å²) in [6.45, 7) is 0.951. The molecule has 1 aliphatic rings. The molecule has 11 heteroatoms. The van der Waals surface area contributed by atoms with Crippen LogP contribution in [0.4, 0.5) is 22.0 Å². The number of rotatable bonds is 21. The molecule has 0 fully saturated rings. The van der Waals surface area contributed by atoms with Crippen molar-refractivity contribution >= 4 is 11.8 Å². The van der Waals surface area contributed by atoms with Crippen molar-refractivity contribution in [2.45, 2.75) is 88.1 Å². The van der Waals surface area contributed by atoms with Crippen molar-refractivity contribution in [1.29, 1.82) is 0 Å². The predicted molar refractivity (Wildman–Crippen MR) is 163 cm³/mol. The number of hydrogen-bond acceptors (Lipinski definition) is 6. The molecule has 3 rings (SSSR count). The number of hydrogen-bond donors (Lipinski definition) is 0. The molecule has 0 amide bonds. The van der Waals surface area contributed by atoms with E-state index in [0.717, 1.165) is 68.6 Å². The molecule has 1 heterocycles. The largest absolute Gasteiger partial charge is 0.492 e. The summed E-state index contributed by atoms with van der Waals surface area (Å²) in [7, 11) is 3.18. The Morgan fingerprint density at radius 3 is 2.00 bits per heavy atom. The monoisotopic (exact) mass is 648 g/mol. The maximum Gasteiger partial charge on any atom is 0.453 e. The normalized spacial score (nSPS) is 16.8. The van der Waals surface area contributed by atoms with Crippen molar-refractivity contribution in [2.75, 3.05) is 45.9 Å². The van der Waals surface area contributed by atoms with Crippen molar-refractivity contribution < 1.29 is 45.6 Å². The lowest BCUT2D eigenvalue weighted by Crippen LogP contribution is -2.36. The number of fused-ring (bicyclic) bond motifs is 1. The molecule has 248 valence electrons. The molecule has 0 aromatic heterocycles. The summed E-state index contributed by atoms with van der Waals surface area (Å²) in [5, 5.41) is 0. The number of alkyl halides is 5. The van der Waals surface area contributed by atoms with Gasteiger partial charge in [0.1, 0.15) is 17.2 Å². The maximum absolute atomic E-state index is 12.9. The number of halogens is 5. The Morgan fingerprint density at radius 1 is 0.750 bits per heavy atom. The highest BCUT2D eigenvalue weighted by Crippen LogP contribution is 2.46. The average molecular weight is 649 g/mol. The summed E-state index contributed by atoms with van der Waals surface area (Å²) in [6, 6.07) is 14.1. The molecule has 0 radical (unpaired) electrons. The Kier molecular flexibility index (Phi) is 15.4. The number of methoxy groups -OCH3 is 2. The first-order chi connectivity index (χ1) is 21.2. The number of ether oxygens (including phenoxy) is 5. The minimum absolute atomic E-state index is 0.132. The van der Waals surface area contributed by atoms with Crippen LogP contribution in [-0.4, -0.2) is 58.0 Å². The minimum Gasteiger partial charge on any atom is -0.492 e. The van der Waals surface area contributed by atoms with E-state index in [0.29, 0.717) is 24.0 Å². The summed E-state index contributed by atoms with van der Waals surface area (Å²) in [4.78, 5) is 0. The first-order valence-corrected chi connectivity index (χ1v) is 16.4. The zero-order valence-corrected chi connectivity index (χ0v) is 26.5. The molecule has 5 nitrogen and oxygen atoms in total. The van der Waals surface area contributed by atoms with Gasteiger partial charge in [0.15, 0.2) is 13.6 Å². The van der Waals surface area contributed by atoms with Gasteiger partial charge in [-0.25, -0.2) is 0 Å². The second-order valence-electron chi connectivity index (χ2n) is 11.1. The van der Waals surface area contributed by atoms with Crippen LogP contribution in [0.2, 0.25) is 0 Å². The molecule has 2 unspecified atom stereocenters. The second kappa shape index (κ2) is 18.7. The van der Waals surface area contributed by atoms with Crippen LogP contribution in [0.1, 0.15) is 87.2 Å². The van der Waals surface area contributed by atoms with E-state index in [1.165, 1.54) is 22.9 Å². The quantitative estimate of drug-likeness (QED) is 0.0763. The van der Waals surface area contributed by atoms with Gasteiger partial charge in [0.2, 0.25) is 0 Å². The van der Waals surface area contributed by atoms with Gasteiger partial charge in [0, 0.05) is 32.6 Å². The van der Waals surface area contributed by atoms with Gasteiger partial charge in [-0.15, -0.1) is 0 Å². The van der Waals surface area contributed by atoms with Crippen molar-refractivity contribution in [2.24, 2.45) is 0 Å². The summed E-state index contributed by atoms with van der Waals surface area (Å²) in [5.74, 6) is -0.633. The standard InChI is InChI=1S/C33H45F5O5S/c1-39-23-42-26-14-12-25(13-15-26)30-22-41-31-21-27(43-24-40-2)16-17-29(31)28(30)11-8-6-4-3-5-7-9-19-44-20-10-18-32(34,35)33(36,37)38/h12-17,21,28,30H,3-11,18-20,22-24H2,1-2H3. The maximum atomic E-state index is 12.9. The van der Waals surface area contributed by atoms with Gasteiger partial charge in [0.05, 0.1) is 6.61 Å². The highest BCUT2D eigenvalue weighted by atomic mass is 32.2. The predicted octanol–water partition coefficient (Wildman–Crippen LogP) is 9.74. The molecule has 0 saturated heterocycles. The van der Waals surface area contributed by atoms with Gasteiger partial charge < -0.3 is 23.7 Å². The molecule has 0 spiro atoms. The van der Waals surface area contributed by atoms with Gasteiger partial charge in [-0.2, -0.15) is 33.7 Å². The van der Waals surface area contributed by atoms with Gasteiger partial charge in [-0.1, -0.05) is 56.7 Å². The molecular weight excluding hydrogens is 603 g/mol. The van der Waals surface area contributed by atoms with Crippen LogP contribution in [-0.2, 0) is 9.47 Å². The third-order valence-electron chi connectivity index (χ3n) is 7.78. The molecule has 0 saturated carbocycles. The third-order valence-corrected chi connectivity index (χ3v) is 8.94. The van der Waals surface area contributed by atoms with Crippen LogP contribution in [0.5, 0.6) is 17.2 Å². The van der Waals surface area contributed by atoms with Crippen molar-refractivity contribution in [3.8, 4) is 17.2 Å². The Morgan fingerprint density at radius 2 is 1.34 bits per heavy atom. The van der Waals surface area contributed by atoms with Crippen LogP contribution < -0.4 is 14.2 Å². The van der Waals surface area contributed by atoms with Crippen LogP contribution in [0, 0.1) is 0 Å². The smallest absolute Gasteiger partial charge is 0.453 e. The van der Waals surface area contributed by atoms with Crippen LogP contribution in [0.15, 0.2) is 42.5 Å². The zero-order chi connectivity index (χ0) is 31.8. The molecular formula is C33H45F5O5S. The van der Waals surface area contributed by atoms with Gasteiger partial charge >= 0.3 is 12.1 Å². The molecule has 2 aromatic carbocycles. The summed E-state index contributed by atoms with van der Waals surface area (Å²) < 4.78 is 90.0. The number of thioether (sulfide) groups is 1. The third kappa shape index (κ3) is 11.6. The fourth-order valence-electron chi connectivity index (χ4n) is 5.39. The van der Waals surface area contributed by atoms with Crippen LogP contribution >= 0.6 is 11.8 Å². The summed E-state index contributed by atoms with van der Waals surface area (Å²) in [5.41, 5.74) is 2.39. The number of unbranched alkanes of at least 4 members (excludes halogenated alkanes) is 6. The molecule has 44 heavy (non-hydrogen) atoms. The van der Waals surface area contributed by atoms with E-state index in [2.05, 4.69) is 18.2 Å². The Balaban J connectivity index is 1.41. The Labute approximate surface area is 262 Å². The van der Waals surface area contributed by atoms with Crippen molar-refractivity contribution in [1.82, 2.24) is 0 Å². The van der Waals surface area contributed by atoms with E-state index in [-0.39, 0.29) is 25.9 Å². The first-order valence-electron chi connectivity index (χ1n) is 15.3. The lowest BCUT2D eigenvalue weighted by molar-refractivity contribution is -0.284. The summed E-state index contributed by atoms with van der Waals surface area (Å²) in [6.07, 6.45) is 1.87. The van der Waals surface area contributed by atoms with Gasteiger partial charge in [-0.05, 0) is 66.0 Å². The molecule has 2 aromatic rings. The van der Waals surface area contributed by atoms with E-state index in [4.69, 9.17) is 23.7 Å². The Hall–Kier alpha value is -2.24. The fraction of sp³-hybridized carbons (Fsp3) is 0.636.